The van der Waals surface area contributed by atoms with Crippen molar-refractivity contribution in [3.05, 3.63) is 93.7 Å². The van der Waals surface area contributed by atoms with Crippen molar-refractivity contribution in [3.63, 3.8) is 0 Å². The number of amides is 2. The summed E-state index contributed by atoms with van der Waals surface area (Å²) < 4.78 is 8.74. The molecule has 0 aliphatic heterocycles. The average Bonchev–Trinajstić information content (AvgIpc) is 3.45. The number of primary amides is 1. The lowest BCUT2D eigenvalue weighted by atomic mass is 10.0. The second kappa shape index (κ2) is 13.6. The van der Waals surface area contributed by atoms with E-state index in [-0.39, 0.29) is 11.3 Å². The van der Waals surface area contributed by atoms with E-state index in [9.17, 15) is 14.4 Å². The zero-order valence-electron chi connectivity index (χ0n) is 25.5. The van der Waals surface area contributed by atoms with Gasteiger partial charge in [0.15, 0.2) is 5.69 Å². The van der Waals surface area contributed by atoms with Gasteiger partial charge in [0.1, 0.15) is 5.76 Å². The summed E-state index contributed by atoms with van der Waals surface area (Å²) in [5, 5.41) is 3.75. The first kappa shape index (κ1) is 31.6. The number of aromatic nitrogens is 3. The third-order valence-electron chi connectivity index (χ3n) is 6.73. The summed E-state index contributed by atoms with van der Waals surface area (Å²) in [6.07, 6.45) is 1.62. The topological polar surface area (TPSA) is 125 Å². The zero-order valence-corrected chi connectivity index (χ0v) is 25.5. The summed E-state index contributed by atoms with van der Waals surface area (Å²) in [4.78, 5) is 41.8. The summed E-state index contributed by atoms with van der Waals surface area (Å²) in [6.45, 7) is 14.4. The molecular weight excluding hydrogens is 530 g/mol. The van der Waals surface area contributed by atoms with Gasteiger partial charge in [-0.2, -0.15) is 4.74 Å². The van der Waals surface area contributed by atoms with Crippen LogP contribution in [-0.4, -0.2) is 26.1 Å². The van der Waals surface area contributed by atoms with Gasteiger partial charge >= 0.3 is 0 Å². The molecule has 2 amide bonds. The minimum absolute atomic E-state index is 0.183. The van der Waals surface area contributed by atoms with Crippen molar-refractivity contribution in [2.45, 2.75) is 55.0 Å². The monoisotopic (exact) mass is 569 g/mol. The number of nitrogens with zero attached hydrogens (tertiary/aromatic N) is 3. The summed E-state index contributed by atoms with van der Waals surface area (Å²) in [6, 6.07) is 16.1. The van der Waals surface area contributed by atoms with Crippen molar-refractivity contribution < 1.29 is 14.1 Å². The Balaban J connectivity index is 0.00000116. The van der Waals surface area contributed by atoms with E-state index in [2.05, 4.69) is 14.9 Å². The van der Waals surface area contributed by atoms with Crippen molar-refractivity contribution in [1.82, 2.24) is 14.3 Å². The fraction of sp³-hybridized carbons (Fsp3) is 0.273. The molecule has 3 aromatic heterocycles. The molecule has 0 radical (unpaired) electrons. The molecule has 0 saturated carbocycles. The van der Waals surface area contributed by atoms with E-state index in [1.807, 2.05) is 71.9 Å². The van der Waals surface area contributed by atoms with Crippen LogP contribution in [0.2, 0.25) is 0 Å². The second-order valence-corrected chi connectivity index (χ2v) is 9.08. The molecule has 220 valence electrons. The number of nitrogens with one attached hydrogen (secondary N) is 1. The number of pyridine rings is 1. The van der Waals surface area contributed by atoms with Gasteiger partial charge in [0, 0.05) is 36.4 Å². The number of carbonyl (C=O) groups excluding carboxylic acids is 2. The third kappa shape index (κ3) is 5.90. The number of anilines is 1. The number of rotatable bonds is 6. The number of benzene rings is 2. The molecule has 5 rings (SSSR count). The summed E-state index contributed by atoms with van der Waals surface area (Å²) >= 11 is 0. The van der Waals surface area contributed by atoms with Crippen molar-refractivity contribution in [2.24, 2.45) is 12.8 Å². The quantitative estimate of drug-likeness (QED) is 0.235. The zero-order chi connectivity index (χ0) is 31.1. The Kier molecular flexibility index (Phi) is 10.3. The number of fused-ring (bicyclic) bond motifs is 1. The van der Waals surface area contributed by atoms with Gasteiger partial charge < -0.3 is 20.1 Å². The van der Waals surface area contributed by atoms with Crippen LogP contribution in [0, 0.1) is 13.8 Å². The molecule has 0 aliphatic rings. The lowest BCUT2D eigenvalue weighted by molar-refractivity contribution is 0.0995. The van der Waals surface area contributed by atoms with Crippen LogP contribution in [0.4, 0.5) is 5.69 Å². The van der Waals surface area contributed by atoms with Crippen LogP contribution in [0.1, 0.15) is 66.8 Å². The van der Waals surface area contributed by atoms with Gasteiger partial charge in [-0.25, -0.2) is 4.98 Å². The molecule has 0 bridgehead atoms. The van der Waals surface area contributed by atoms with Gasteiger partial charge in [-0.1, -0.05) is 58.0 Å². The molecule has 0 atom stereocenters. The van der Waals surface area contributed by atoms with Crippen molar-refractivity contribution in [2.75, 3.05) is 5.32 Å². The lowest BCUT2D eigenvalue weighted by Crippen LogP contribution is -2.17. The van der Waals surface area contributed by atoms with E-state index in [0.29, 0.717) is 29.1 Å². The first-order valence-corrected chi connectivity index (χ1v) is 14.2. The second-order valence-electron chi connectivity index (χ2n) is 9.08. The Morgan fingerprint density at radius 2 is 1.62 bits per heavy atom. The molecular formula is C33H39N5O4. The van der Waals surface area contributed by atoms with Crippen LogP contribution in [-0.2, 0) is 13.6 Å². The van der Waals surface area contributed by atoms with Gasteiger partial charge in [-0.15, -0.1) is 0 Å². The maximum atomic E-state index is 13.4. The van der Waals surface area contributed by atoms with E-state index in [4.69, 9.17) is 10.3 Å². The Hall–Kier alpha value is -4.92. The first-order valence-electron chi connectivity index (χ1n) is 14.2. The Morgan fingerprint density at radius 1 is 0.976 bits per heavy atom. The number of hydrogen-bond donors (Lipinski definition) is 2. The highest BCUT2D eigenvalue weighted by Crippen LogP contribution is 2.35. The van der Waals surface area contributed by atoms with E-state index >= 15 is 0 Å². The molecule has 3 heterocycles. The molecule has 5 aromatic rings. The van der Waals surface area contributed by atoms with Gasteiger partial charge in [0.25, 0.3) is 11.5 Å². The van der Waals surface area contributed by atoms with E-state index in [1.165, 1.54) is 10.8 Å². The molecule has 0 saturated heterocycles. The number of hydrogen-bond acceptors (Lipinski definition) is 5. The molecule has 0 aliphatic carbocycles. The normalized spacial score (nSPS) is 10.4. The molecule has 0 unspecified atom stereocenters. The summed E-state index contributed by atoms with van der Waals surface area (Å²) in [7, 11) is 1.59. The molecule has 9 nitrogen and oxygen atoms in total. The summed E-state index contributed by atoms with van der Waals surface area (Å²) in [5.41, 5.74) is 11.2. The van der Waals surface area contributed by atoms with Gasteiger partial charge in [-0.05, 0) is 61.7 Å². The molecule has 42 heavy (non-hydrogen) atoms. The number of nitrogens with two attached hydrogens (primary N) is 1. The highest BCUT2D eigenvalue weighted by atomic mass is 16.5. The average molecular weight is 570 g/mol. The predicted octanol–water partition coefficient (Wildman–Crippen LogP) is 6.70. The van der Waals surface area contributed by atoms with Gasteiger partial charge in [0.05, 0.1) is 16.8 Å². The first-order chi connectivity index (χ1) is 20.2. The molecule has 0 spiro atoms. The highest BCUT2D eigenvalue weighted by Gasteiger charge is 2.22. The smallest absolute Gasteiger partial charge is 0.290 e. The fourth-order valence-corrected chi connectivity index (χ4v) is 4.99. The standard InChI is InChI=1S/C29H27N5O4.2C2H6/c1-5-34-25(19-11-9-18(10-12-19)23-17(3)38-33(4)29(23)37)16(2)22-13-14-31-24(26(22)34)28(36)32-21-8-6-7-20(15-21)27(30)35;2*1-2/h6-15H,5H2,1-4H3,(H2,30,35)(H,32,36);2*1-2H3. The van der Waals surface area contributed by atoms with Crippen LogP contribution in [0.5, 0.6) is 0 Å². The van der Waals surface area contributed by atoms with Crippen molar-refractivity contribution >= 4 is 28.4 Å². The van der Waals surface area contributed by atoms with Crippen LogP contribution in [0.15, 0.2) is 70.1 Å². The molecule has 9 heteroatoms. The molecule has 0 fully saturated rings. The largest absolute Gasteiger partial charge is 0.381 e. The Labute approximate surface area is 245 Å². The number of aryl methyl sites for hydroxylation is 4. The van der Waals surface area contributed by atoms with Crippen LogP contribution >= 0.6 is 0 Å². The Bertz CT molecular complexity index is 1780. The number of carbonyl (C=O) groups is 2. The summed E-state index contributed by atoms with van der Waals surface area (Å²) in [5.74, 6) is -0.402. The lowest BCUT2D eigenvalue weighted by Gasteiger charge is -2.12. The van der Waals surface area contributed by atoms with Crippen molar-refractivity contribution in [1.29, 1.82) is 0 Å². The molecule has 3 N–H and O–H groups in total. The maximum Gasteiger partial charge on any atom is 0.290 e. The fourth-order valence-electron chi connectivity index (χ4n) is 4.99. The van der Waals surface area contributed by atoms with Crippen LogP contribution in [0.25, 0.3) is 33.3 Å². The third-order valence-corrected chi connectivity index (χ3v) is 6.73. The van der Waals surface area contributed by atoms with E-state index < -0.39 is 11.8 Å². The minimum Gasteiger partial charge on any atom is -0.381 e. The van der Waals surface area contributed by atoms with E-state index in [1.54, 1.807) is 38.4 Å². The minimum atomic E-state index is -0.573. The van der Waals surface area contributed by atoms with Crippen LogP contribution < -0.4 is 16.6 Å². The van der Waals surface area contributed by atoms with Crippen molar-refractivity contribution in [3.8, 4) is 22.4 Å². The maximum absolute atomic E-state index is 13.4. The Morgan fingerprint density at radius 3 is 2.19 bits per heavy atom. The van der Waals surface area contributed by atoms with Crippen LogP contribution in [0.3, 0.4) is 0 Å². The van der Waals surface area contributed by atoms with Gasteiger partial charge in [-0.3, -0.25) is 14.4 Å². The van der Waals surface area contributed by atoms with Gasteiger partial charge in [0.2, 0.25) is 5.91 Å². The predicted molar refractivity (Wildman–Crippen MR) is 169 cm³/mol. The van der Waals surface area contributed by atoms with E-state index in [0.717, 1.165) is 33.3 Å². The highest BCUT2D eigenvalue weighted by molar-refractivity contribution is 6.12. The SMILES string of the molecule is CC.CC.CCn1c(-c2ccc(-c3c(C)on(C)c3=O)cc2)c(C)c2ccnc(C(=O)Nc3cccc(C(N)=O)c3)c21. The molecule has 2 aromatic carbocycles.